The van der Waals surface area contributed by atoms with Crippen LogP contribution in [0.25, 0.3) is 0 Å². The predicted molar refractivity (Wildman–Crippen MR) is 84.4 cm³/mol. The van der Waals surface area contributed by atoms with E-state index in [1.54, 1.807) is 0 Å². The van der Waals surface area contributed by atoms with Crippen molar-refractivity contribution in [2.75, 3.05) is 16.8 Å². The molecule has 2 rings (SSSR count). The zero-order valence-electron chi connectivity index (χ0n) is 13.7. The molecule has 0 saturated heterocycles. The largest absolute Gasteiger partial charge is 0.416 e. The second-order valence-electron chi connectivity index (χ2n) is 5.42. The molecule has 0 radical (unpaired) electrons. The summed E-state index contributed by atoms with van der Waals surface area (Å²) in [4.78, 5) is 24.6. The Hall–Kier alpha value is -3.04. The molecule has 10 heteroatoms. The molecule has 0 aliphatic heterocycles. The molecule has 0 aromatic heterocycles. The molecule has 27 heavy (non-hydrogen) atoms. The maximum Gasteiger partial charge on any atom is 0.416 e. The third-order valence-electron chi connectivity index (χ3n) is 3.50. The van der Waals surface area contributed by atoms with Crippen LogP contribution in [0.15, 0.2) is 36.4 Å². The molecular formula is C17H12F6N2O2. The van der Waals surface area contributed by atoms with Gasteiger partial charge in [0.1, 0.15) is 6.54 Å². The van der Waals surface area contributed by atoms with Gasteiger partial charge in [0.25, 0.3) is 0 Å². The number of amides is 2. The normalized spacial score (nSPS) is 11.2. The van der Waals surface area contributed by atoms with E-state index in [-0.39, 0.29) is 5.69 Å². The molecule has 0 fully saturated rings. The third kappa shape index (κ3) is 4.78. The number of hydrogen-bond acceptors (Lipinski definition) is 2. The molecule has 144 valence electrons. The van der Waals surface area contributed by atoms with Gasteiger partial charge in [0.05, 0.1) is 11.3 Å². The molecule has 0 aliphatic rings. The molecule has 0 spiro atoms. The summed E-state index contributed by atoms with van der Waals surface area (Å²) in [7, 11) is 0. The number of rotatable bonds is 4. The Balaban J connectivity index is 2.18. The fraction of sp³-hybridized carbons (Fsp3) is 0.176. The average Bonchev–Trinajstić information content (AvgIpc) is 2.59. The van der Waals surface area contributed by atoms with Crippen molar-refractivity contribution in [3.05, 3.63) is 59.4 Å². The van der Waals surface area contributed by atoms with Gasteiger partial charge in [-0.05, 0) is 36.4 Å². The van der Waals surface area contributed by atoms with Crippen LogP contribution < -0.4 is 10.2 Å². The number of nitrogens with one attached hydrogen (secondary N) is 1. The molecule has 2 aromatic rings. The Morgan fingerprint density at radius 1 is 0.963 bits per heavy atom. The lowest BCUT2D eigenvalue weighted by Gasteiger charge is -2.21. The minimum absolute atomic E-state index is 0.00333. The van der Waals surface area contributed by atoms with Gasteiger partial charge < -0.3 is 10.2 Å². The van der Waals surface area contributed by atoms with E-state index in [0.29, 0.717) is 6.07 Å². The van der Waals surface area contributed by atoms with Gasteiger partial charge in [-0.15, -0.1) is 0 Å². The topological polar surface area (TPSA) is 49.4 Å². The summed E-state index contributed by atoms with van der Waals surface area (Å²) in [6.07, 6.45) is -4.57. The van der Waals surface area contributed by atoms with Crippen molar-refractivity contribution in [2.45, 2.75) is 13.1 Å². The number of carbonyl (C=O) groups is 2. The Bertz CT molecular complexity index is 865. The van der Waals surface area contributed by atoms with E-state index in [2.05, 4.69) is 0 Å². The molecule has 0 saturated carbocycles. The molecular weight excluding hydrogens is 378 g/mol. The summed E-state index contributed by atoms with van der Waals surface area (Å²) in [5, 5.41) is 1.97. The van der Waals surface area contributed by atoms with Crippen LogP contribution in [0.3, 0.4) is 0 Å². The van der Waals surface area contributed by atoms with E-state index in [9.17, 15) is 35.9 Å². The standard InChI is InChI=1S/C17H12F6N2O2/c1-9(26)25(11-4-2-10(3-5-11)17(21,22)23)8-14(27)24-13-7-6-12(18)15(19)16(13)20/h2-7H,8H2,1H3,(H,24,27). The predicted octanol–water partition coefficient (Wildman–Crippen LogP) is 4.11. The average molecular weight is 390 g/mol. The van der Waals surface area contributed by atoms with Gasteiger partial charge >= 0.3 is 6.18 Å². The van der Waals surface area contributed by atoms with Crippen molar-refractivity contribution >= 4 is 23.2 Å². The maximum absolute atomic E-state index is 13.6. The number of benzene rings is 2. The van der Waals surface area contributed by atoms with E-state index < -0.39 is 53.2 Å². The summed E-state index contributed by atoms with van der Waals surface area (Å²) in [5.41, 5.74) is -1.59. The van der Waals surface area contributed by atoms with Crippen molar-refractivity contribution in [3.8, 4) is 0 Å². The summed E-state index contributed by atoms with van der Waals surface area (Å²) in [6.45, 7) is 0.391. The smallest absolute Gasteiger partial charge is 0.322 e. The zero-order chi connectivity index (χ0) is 20.4. The van der Waals surface area contributed by atoms with Crippen molar-refractivity contribution in [3.63, 3.8) is 0 Å². The fourth-order valence-electron chi connectivity index (χ4n) is 2.17. The minimum atomic E-state index is -4.57. The van der Waals surface area contributed by atoms with E-state index in [4.69, 9.17) is 0 Å². The van der Waals surface area contributed by atoms with E-state index in [1.165, 1.54) is 0 Å². The van der Waals surface area contributed by atoms with E-state index in [1.807, 2.05) is 5.32 Å². The Kier molecular flexibility index (Phi) is 5.77. The Labute approximate surface area is 149 Å². The van der Waals surface area contributed by atoms with Crippen LogP contribution in [0.1, 0.15) is 12.5 Å². The second-order valence-corrected chi connectivity index (χ2v) is 5.42. The van der Waals surface area contributed by atoms with Gasteiger partial charge in [0, 0.05) is 12.6 Å². The van der Waals surface area contributed by atoms with Crippen LogP contribution in [-0.2, 0) is 15.8 Å². The lowest BCUT2D eigenvalue weighted by Crippen LogP contribution is -2.36. The van der Waals surface area contributed by atoms with Crippen molar-refractivity contribution in [1.82, 2.24) is 0 Å². The lowest BCUT2D eigenvalue weighted by molar-refractivity contribution is -0.137. The number of anilines is 2. The first-order chi connectivity index (χ1) is 12.5. The highest BCUT2D eigenvalue weighted by molar-refractivity contribution is 6.01. The highest BCUT2D eigenvalue weighted by Gasteiger charge is 2.30. The molecule has 1 N–H and O–H groups in total. The van der Waals surface area contributed by atoms with Crippen molar-refractivity contribution in [1.29, 1.82) is 0 Å². The van der Waals surface area contributed by atoms with Gasteiger partial charge in [-0.25, -0.2) is 13.2 Å². The second kappa shape index (κ2) is 7.68. The van der Waals surface area contributed by atoms with E-state index >= 15 is 0 Å². The summed E-state index contributed by atoms with van der Waals surface area (Å²) in [5.74, 6) is -6.47. The van der Waals surface area contributed by atoms with Crippen LogP contribution >= 0.6 is 0 Å². The van der Waals surface area contributed by atoms with Crippen molar-refractivity contribution < 1.29 is 35.9 Å². The van der Waals surface area contributed by atoms with Crippen LogP contribution in [-0.4, -0.2) is 18.4 Å². The van der Waals surface area contributed by atoms with Gasteiger partial charge in [-0.3, -0.25) is 9.59 Å². The number of halogens is 6. The Morgan fingerprint density at radius 3 is 2.07 bits per heavy atom. The van der Waals surface area contributed by atoms with Gasteiger partial charge in [-0.2, -0.15) is 13.2 Å². The zero-order valence-corrected chi connectivity index (χ0v) is 13.7. The first-order valence-corrected chi connectivity index (χ1v) is 7.39. The summed E-state index contributed by atoms with van der Waals surface area (Å²) < 4.78 is 77.4. The van der Waals surface area contributed by atoms with Crippen LogP contribution in [0.2, 0.25) is 0 Å². The molecule has 0 bridgehead atoms. The molecule has 0 heterocycles. The van der Waals surface area contributed by atoms with Crippen molar-refractivity contribution in [2.24, 2.45) is 0 Å². The number of alkyl halides is 3. The number of hydrogen-bond donors (Lipinski definition) is 1. The molecule has 0 atom stereocenters. The maximum atomic E-state index is 13.6. The van der Waals surface area contributed by atoms with Crippen LogP contribution in [0.4, 0.5) is 37.7 Å². The first-order valence-electron chi connectivity index (χ1n) is 7.39. The SMILES string of the molecule is CC(=O)N(CC(=O)Nc1ccc(F)c(F)c1F)c1ccc(C(F)(F)F)cc1. The summed E-state index contributed by atoms with van der Waals surface area (Å²) in [6, 6.07) is 4.86. The lowest BCUT2D eigenvalue weighted by atomic mass is 10.2. The Morgan fingerprint density at radius 2 is 1.56 bits per heavy atom. The quantitative estimate of drug-likeness (QED) is 0.631. The highest BCUT2D eigenvalue weighted by Crippen LogP contribution is 2.30. The molecule has 4 nitrogen and oxygen atoms in total. The molecule has 2 aromatic carbocycles. The van der Waals surface area contributed by atoms with Gasteiger partial charge in [-0.1, -0.05) is 0 Å². The van der Waals surface area contributed by atoms with Gasteiger partial charge in [0.2, 0.25) is 11.8 Å². The number of nitrogens with zero attached hydrogens (tertiary/aromatic N) is 1. The van der Waals surface area contributed by atoms with Crippen LogP contribution in [0.5, 0.6) is 0 Å². The monoisotopic (exact) mass is 390 g/mol. The molecule has 0 unspecified atom stereocenters. The summed E-state index contributed by atoms with van der Waals surface area (Å²) >= 11 is 0. The first kappa shape index (κ1) is 20.3. The van der Waals surface area contributed by atoms with E-state index in [0.717, 1.165) is 42.2 Å². The molecule has 2 amide bonds. The fourth-order valence-corrected chi connectivity index (χ4v) is 2.17. The minimum Gasteiger partial charge on any atom is -0.322 e. The highest BCUT2D eigenvalue weighted by atomic mass is 19.4. The molecule has 0 aliphatic carbocycles. The number of carbonyl (C=O) groups excluding carboxylic acids is 2. The van der Waals surface area contributed by atoms with Crippen LogP contribution in [0, 0.1) is 17.5 Å². The van der Waals surface area contributed by atoms with Gasteiger partial charge in [0.15, 0.2) is 17.5 Å². The third-order valence-corrected chi connectivity index (χ3v) is 3.50.